The summed E-state index contributed by atoms with van der Waals surface area (Å²) in [4.78, 5) is 3.60. The van der Waals surface area contributed by atoms with E-state index in [1.54, 1.807) is 0 Å². The van der Waals surface area contributed by atoms with Crippen molar-refractivity contribution in [3.05, 3.63) is 101 Å². The largest absolute Gasteiger partial charge is 0.489 e. The number of ether oxygens (including phenoxy) is 1. The van der Waals surface area contributed by atoms with Gasteiger partial charge in [-0.3, -0.25) is 0 Å². The standard InChI is InChI=1S/C25H21N3O/c26-15-18-7-4-8-19(13-18)24-25-21(11-12-27-24)22-14-20(9-10-23(22)28-25)29-16-17-5-2-1-3-6-17/h1-10,13-14,24,27-28H,11-12,16H2. The van der Waals surface area contributed by atoms with Crippen LogP contribution in [0.15, 0.2) is 72.8 Å². The average molecular weight is 379 g/mol. The summed E-state index contributed by atoms with van der Waals surface area (Å²) >= 11 is 0. The number of rotatable bonds is 4. The predicted molar refractivity (Wildman–Crippen MR) is 114 cm³/mol. The minimum atomic E-state index is 0.0631. The molecule has 0 fully saturated rings. The molecule has 4 nitrogen and oxygen atoms in total. The fourth-order valence-corrected chi connectivity index (χ4v) is 4.11. The van der Waals surface area contributed by atoms with E-state index in [9.17, 15) is 5.26 Å². The molecule has 4 aromatic rings. The number of aromatic nitrogens is 1. The molecule has 0 aliphatic carbocycles. The molecule has 2 N–H and O–H groups in total. The van der Waals surface area contributed by atoms with Gasteiger partial charge in [0.15, 0.2) is 0 Å². The van der Waals surface area contributed by atoms with Gasteiger partial charge in [-0.15, -0.1) is 0 Å². The van der Waals surface area contributed by atoms with Gasteiger partial charge in [-0.25, -0.2) is 0 Å². The zero-order valence-electron chi connectivity index (χ0n) is 16.0. The van der Waals surface area contributed by atoms with Gasteiger partial charge in [0.1, 0.15) is 12.4 Å². The van der Waals surface area contributed by atoms with Crippen molar-refractivity contribution in [3.8, 4) is 11.8 Å². The molecule has 0 spiro atoms. The summed E-state index contributed by atoms with van der Waals surface area (Å²) < 4.78 is 6.04. The SMILES string of the molecule is N#Cc1cccc(C2NCCc3c2[nH]c2ccc(OCc4ccccc4)cc32)c1. The summed E-state index contributed by atoms with van der Waals surface area (Å²) in [5, 5.41) is 14.1. The highest BCUT2D eigenvalue weighted by molar-refractivity contribution is 5.86. The van der Waals surface area contributed by atoms with Gasteiger partial charge in [0.25, 0.3) is 0 Å². The van der Waals surface area contributed by atoms with Crippen LogP contribution in [0.2, 0.25) is 0 Å². The van der Waals surface area contributed by atoms with Crippen LogP contribution in [0.25, 0.3) is 10.9 Å². The van der Waals surface area contributed by atoms with Crippen molar-refractivity contribution in [2.24, 2.45) is 0 Å². The summed E-state index contributed by atoms with van der Waals surface area (Å²) in [6, 6.07) is 26.6. The molecular formula is C25H21N3O. The van der Waals surface area contributed by atoms with Crippen LogP contribution in [-0.2, 0) is 13.0 Å². The second-order valence-corrected chi connectivity index (χ2v) is 7.37. The number of nitriles is 1. The van der Waals surface area contributed by atoms with Crippen LogP contribution in [0.5, 0.6) is 5.75 Å². The monoisotopic (exact) mass is 379 g/mol. The lowest BCUT2D eigenvalue weighted by atomic mass is 9.93. The first-order valence-electron chi connectivity index (χ1n) is 9.86. The summed E-state index contributed by atoms with van der Waals surface area (Å²) in [5.41, 5.74) is 6.58. The van der Waals surface area contributed by atoms with Gasteiger partial charge < -0.3 is 15.0 Å². The number of aromatic amines is 1. The van der Waals surface area contributed by atoms with E-state index >= 15 is 0 Å². The lowest BCUT2D eigenvalue weighted by Crippen LogP contribution is -2.30. The van der Waals surface area contributed by atoms with Gasteiger partial charge in [0.2, 0.25) is 0 Å². The minimum Gasteiger partial charge on any atom is -0.489 e. The zero-order valence-corrected chi connectivity index (χ0v) is 16.0. The fraction of sp³-hybridized carbons (Fsp3) is 0.160. The number of nitrogens with one attached hydrogen (secondary N) is 2. The van der Waals surface area contributed by atoms with Gasteiger partial charge in [-0.2, -0.15) is 5.26 Å². The van der Waals surface area contributed by atoms with Crippen LogP contribution >= 0.6 is 0 Å². The zero-order chi connectivity index (χ0) is 19.6. The Morgan fingerprint density at radius 1 is 1.00 bits per heavy atom. The Bertz CT molecular complexity index is 1200. The van der Waals surface area contributed by atoms with Crippen molar-refractivity contribution in [2.45, 2.75) is 19.1 Å². The molecule has 1 aliphatic heterocycles. The highest BCUT2D eigenvalue weighted by atomic mass is 16.5. The molecular weight excluding hydrogens is 358 g/mol. The molecule has 1 aliphatic rings. The van der Waals surface area contributed by atoms with E-state index in [1.807, 2.05) is 42.5 Å². The van der Waals surface area contributed by atoms with Gasteiger partial charge in [0.05, 0.1) is 17.7 Å². The molecule has 29 heavy (non-hydrogen) atoms. The Morgan fingerprint density at radius 2 is 1.90 bits per heavy atom. The summed E-state index contributed by atoms with van der Waals surface area (Å²) in [6.07, 6.45) is 0.964. The van der Waals surface area contributed by atoms with Gasteiger partial charge in [-0.05, 0) is 53.4 Å². The molecule has 1 aromatic heterocycles. The maximum absolute atomic E-state index is 9.24. The number of benzene rings is 3. The Balaban J connectivity index is 1.48. The molecule has 0 amide bonds. The van der Waals surface area contributed by atoms with E-state index in [-0.39, 0.29) is 6.04 Å². The highest BCUT2D eigenvalue weighted by Crippen LogP contribution is 2.35. The molecule has 0 radical (unpaired) electrons. The molecule has 1 unspecified atom stereocenters. The first-order chi connectivity index (χ1) is 14.3. The molecule has 4 heteroatoms. The summed E-state index contributed by atoms with van der Waals surface area (Å²) in [6.45, 7) is 1.46. The number of hydrogen-bond donors (Lipinski definition) is 2. The third kappa shape index (κ3) is 3.37. The lowest BCUT2D eigenvalue weighted by Gasteiger charge is -2.25. The molecule has 1 atom stereocenters. The van der Waals surface area contributed by atoms with E-state index in [4.69, 9.17) is 4.74 Å². The van der Waals surface area contributed by atoms with Crippen LogP contribution in [0.1, 0.15) is 34.0 Å². The lowest BCUT2D eigenvalue weighted by molar-refractivity contribution is 0.306. The van der Waals surface area contributed by atoms with E-state index in [0.717, 1.165) is 35.4 Å². The van der Waals surface area contributed by atoms with Crippen LogP contribution in [0.3, 0.4) is 0 Å². The average Bonchev–Trinajstić information content (AvgIpc) is 3.16. The van der Waals surface area contributed by atoms with Crippen LogP contribution in [0.4, 0.5) is 0 Å². The molecule has 142 valence electrons. The highest BCUT2D eigenvalue weighted by Gasteiger charge is 2.25. The number of hydrogen-bond acceptors (Lipinski definition) is 3. The van der Waals surface area contributed by atoms with Crippen molar-refractivity contribution in [1.82, 2.24) is 10.3 Å². The maximum Gasteiger partial charge on any atom is 0.120 e. The van der Waals surface area contributed by atoms with Gasteiger partial charge in [-0.1, -0.05) is 42.5 Å². The molecule has 0 saturated carbocycles. The first-order valence-corrected chi connectivity index (χ1v) is 9.86. The Labute approximate surface area is 169 Å². The summed E-state index contributed by atoms with van der Waals surface area (Å²) in [5.74, 6) is 0.879. The Morgan fingerprint density at radius 3 is 2.76 bits per heavy atom. The molecule has 5 rings (SSSR count). The second kappa shape index (κ2) is 7.46. The number of nitrogens with zero attached hydrogens (tertiary/aromatic N) is 1. The van der Waals surface area contributed by atoms with E-state index in [2.05, 4.69) is 46.7 Å². The maximum atomic E-state index is 9.24. The van der Waals surface area contributed by atoms with Crippen molar-refractivity contribution in [2.75, 3.05) is 6.54 Å². The van der Waals surface area contributed by atoms with Crippen molar-refractivity contribution in [1.29, 1.82) is 5.26 Å². The smallest absolute Gasteiger partial charge is 0.120 e. The predicted octanol–water partition coefficient (Wildman–Crippen LogP) is 4.85. The molecule has 3 aromatic carbocycles. The molecule has 2 heterocycles. The van der Waals surface area contributed by atoms with Gasteiger partial charge in [0, 0.05) is 23.1 Å². The van der Waals surface area contributed by atoms with Crippen molar-refractivity contribution >= 4 is 10.9 Å². The van der Waals surface area contributed by atoms with Crippen molar-refractivity contribution in [3.63, 3.8) is 0 Å². The molecule has 0 saturated heterocycles. The fourth-order valence-electron chi connectivity index (χ4n) is 4.11. The quantitative estimate of drug-likeness (QED) is 0.533. The van der Waals surface area contributed by atoms with Crippen molar-refractivity contribution < 1.29 is 4.74 Å². The van der Waals surface area contributed by atoms with E-state index in [0.29, 0.717) is 12.2 Å². The van der Waals surface area contributed by atoms with Gasteiger partial charge >= 0.3 is 0 Å². The van der Waals surface area contributed by atoms with Crippen LogP contribution in [0, 0.1) is 11.3 Å². The minimum absolute atomic E-state index is 0.0631. The second-order valence-electron chi connectivity index (χ2n) is 7.37. The first kappa shape index (κ1) is 17.5. The molecule has 0 bridgehead atoms. The number of H-pyrrole nitrogens is 1. The van der Waals surface area contributed by atoms with E-state index < -0.39 is 0 Å². The topological polar surface area (TPSA) is 60.8 Å². The Kier molecular flexibility index (Phi) is 4.51. The van der Waals surface area contributed by atoms with E-state index in [1.165, 1.54) is 16.6 Å². The third-order valence-corrected chi connectivity index (χ3v) is 5.52. The van der Waals surface area contributed by atoms with Crippen LogP contribution < -0.4 is 10.1 Å². The summed E-state index contributed by atoms with van der Waals surface area (Å²) in [7, 11) is 0. The normalized spacial score (nSPS) is 15.6. The Hall–Kier alpha value is -3.55. The van der Waals surface area contributed by atoms with Crippen LogP contribution in [-0.4, -0.2) is 11.5 Å². The number of fused-ring (bicyclic) bond motifs is 3. The third-order valence-electron chi connectivity index (χ3n) is 5.52.